The van der Waals surface area contributed by atoms with E-state index in [1.165, 1.54) is 9.78 Å². The number of nitrogens with zero attached hydrogens (tertiary/aromatic N) is 1. The van der Waals surface area contributed by atoms with Crippen LogP contribution >= 0.6 is 23.7 Å². The van der Waals surface area contributed by atoms with Gasteiger partial charge in [-0.1, -0.05) is 6.07 Å². The monoisotopic (exact) mass is 310 g/mol. The van der Waals surface area contributed by atoms with E-state index >= 15 is 0 Å². The molecule has 1 amide bonds. The molecule has 1 aromatic heterocycles. The van der Waals surface area contributed by atoms with Crippen molar-refractivity contribution in [2.24, 2.45) is 0 Å². The first kappa shape index (κ1) is 16.3. The van der Waals surface area contributed by atoms with E-state index in [1.807, 2.05) is 17.5 Å². The molecule has 1 aliphatic rings. The summed E-state index contributed by atoms with van der Waals surface area (Å²) >= 11 is 1.64. The number of likely N-dealkylation sites (N-methyl/N-ethyl adjacent to an activating group) is 1. The molecule has 1 fully saturated rings. The molecular weight excluding hydrogens is 294 g/mol. The summed E-state index contributed by atoms with van der Waals surface area (Å²) in [5.41, 5.74) is 0. The third-order valence-electron chi connectivity index (χ3n) is 3.06. The first-order valence-electron chi connectivity index (χ1n) is 5.86. The molecule has 108 valence electrons. The fraction of sp³-hybridized carbons (Fsp3) is 0.583. The van der Waals surface area contributed by atoms with Gasteiger partial charge in [0.25, 0.3) is 5.92 Å². The van der Waals surface area contributed by atoms with Gasteiger partial charge in [0.15, 0.2) is 0 Å². The maximum Gasteiger partial charge on any atom is 0.262 e. The summed E-state index contributed by atoms with van der Waals surface area (Å²) < 4.78 is 26.0. The van der Waals surface area contributed by atoms with E-state index in [-0.39, 0.29) is 18.3 Å². The zero-order chi connectivity index (χ0) is 13.2. The maximum atomic E-state index is 13.0. The van der Waals surface area contributed by atoms with E-state index in [9.17, 15) is 13.6 Å². The zero-order valence-electron chi connectivity index (χ0n) is 10.6. The van der Waals surface area contributed by atoms with Crippen molar-refractivity contribution < 1.29 is 13.6 Å². The number of carbonyl (C=O) groups is 1. The molecule has 1 aromatic rings. The molecule has 19 heavy (non-hydrogen) atoms. The van der Waals surface area contributed by atoms with Crippen LogP contribution in [0.15, 0.2) is 17.5 Å². The second-order valence-corrected chi connectivity index (χ2v) is 5.61. The topological polar surface area (TPSA) is 32.3 Å². The number of amides is 1. The highest BCUT2D eigenvalue weighted by Crippen LogP contribution is 2.25. The third kappa shape index (κ3) is 4.40. The Morgan fingerprint density at radius 2 is 2.37 bits per heavy atom. The highest BCUT2D eigenvalue weighted by atomic mass is 35.5. The van der Waals surface area contributed by atoms with Crippen LogP contribution in [0.5, 0.6) is 0 Å². The normalized spacial score (nSPS) is 20.9. The number of alkyl halides is 2. The number of hydrogen-bond acceptors (Lipinski definition) is 3. The Bertz CT molecular complexity index is 414. The molecule has 0 radical (unpaired) electrons. The molecule has 1 unspecified atom stereocenters. The van der Waals surface area contributed by atoms with Gasteiger partial charge in [-0.05, 0) is 17.9 Å². The van der Waals surface area contributed by atoms with E-state index in [0.29, 0.717) is 6.54 Å². The van der Waals surface area contributed by atoms with Crippen molar-refractivity contribution in [3.8, 4) is 0 Å². The van der Waals surface area contributed by atoms with Crippen LogP contribution in [0.1, 0.15) is 11.3 Å². The summed E-state index contributed by atoms with van der Waals surface area (Å²) in [5.74, 6) is -3.00. The average Bonchev–Trinajstić information content (AvgIpc) is 2.94. The highest BCUT2D eigenvalue weighted by molar-refractivity contribution is 7.09. The molecule has 0 spiro atoms. The number of thiophene rings is 1. The summed E-state index contributed by atoms with van der Waals surface area (Å²) in [5, 5.41) is 4.56. The minimum Gasteiger partial charge on any atom is -0.344 e. The van der Waals surface area contributed by atoms with Gasteiger partial charge in [-0.3, -0.25) is 10.1 Å². The Morgan fingerprint density at radius 3 is 2.89 bits per heavy atom. The SMILES string of the molecule is CN(CCc1cccs1)C(=O)C1CC(F)(F)CN1.Cl. The first-order chi connectivity index (χ1) is 8.48. The summed E-state index contributed by atoms with van der Waals surface area (Å²) in [4.78, 5) is 14.6. The lowest BCUT2D eigenvalue weighted by molar-refractivity contribution is -0.132. The van der Waals surface area contributed by atoms with Crippen LogP contribution in [0.3, 0.4) is 0 Å². The fourth-order valence-electron chi connectivity index (χ4n) is 2.00. The Labute approximate surface area is 121 Å². The standard InChI is InChI=1S/C12H16F2N2OS.ClH/c1-16(5-4-9-3-2-6-18-9)11(17)10-7-12(13,14)8-15-10;/h2-3,6,10,15H,4-5,7-8H2,1H3;1H. The van der Waals surface area contributed by atoms with Gasteiger partial charge in [-0.25, -0.2) is 8.78 Å². The van der Waals surface area contributed by atoms with Crippen LogP contribution in [0.2, 0.25) is 0 Å². The molecule has 1 aliphatic heterocycles. The molecule has 2 heterocycles. The molecule has 0 aliphatic carbocycles. The molecule has 0 saturated carbocycles. The van der Waals surface area contributed by atoms with E-state index < -0.39 is 24.9 Å². The van der Waals surface area contributed by atoms with Crippen molar-refractivity contribution in [3.05, 3.63) is 22.4 Å². The van der Waals surface area contributed by atoms with E-state index in [4.69, 9.17) is 0 Å². The van der Waals surface area contributed by atoms with Crippen LogP contribution in [0, 0.1) is 0 Å². The van der Waals surface area contributed by atoms with Crippen LogP contribution in [-0.4, -0.2) is 42.9 Å². The summed E-state index contributed by atoms with van der Waals surface area (Å²) in [6, 6.07) is 3.22. The highest BCUT2D eigenvalue weighted by Gasteiger charge is 2.42. The number of carbonyl (C=O) groups excluding carboxylic acids is 1. The molecule has 1 saturated heterocycles. The van der Waals surface area contributed by atoms with E-state index in [0.717, 1.165) is 6.42 Å². The van der Waals surface area contributed by atoms with Gasteiger partial charge in [-0.2, -0.15) is 0 Å². The second kappa shape index (κ2) is 6.63. The van der Waals surface area contributed by atoms with Crippen molar-refractivity contribution in [2.75, 3.05) is 20.1 Å². The lowest BCUT2D eigenvalue weighted by atomic mass is 10.1. The lowest BCUT2D eigenvalue weighted by Gasteiger charge is -2.20. The molecular formula is C12H17ClF2N2OS. The summed E-state index contributed by atoms with van der Waals surface area (Å²) in [7, 11) is 1.66. The predicted octanol–water partition coefficient (Wildman–Crippen LogP) is 2.17. The molecule has 0 aromatic carbocycles. The van der Waals surface area contributed by atoms with Crippen LogP contribution < -0.4 is 5.32 Å². The zero-order valence-corrected chi connectivity index (χ0v) is 12.2. The summed E-state index contributed by atoms with van der Waals surface area (Å²) in [6.07, 6.45) is 0.373. The van der Waals surface area contributed by atoms with Gasteiger partial charge in [0, 0.05) is 24.9 Å². The second-order valence-electron chi connectivity index (χ2n) is 4.58. The van der Waals surface area contributed by atoms with E-state index in [2.05, 4.69) is 5.32 Å². The molecule has 0 bridgehead atoms. The smallest absolute Gasteiger partial charge is 0.262 e. The molecule has 7 heteroatoms. The van der Waals surface area contributed by atoms with Crippen molar-refractivity contribution in [1.29, 1.82) is 0 Å². The lowest BCUT2D eigenvalue weighted by Crippen LogP contribution is -2.42. The van der Waals surface area contributed by atoms with Crippen molar-refractivity contribution in [3.63, 3.8) is 0 Å². The van der Waals surface area contributed by atoms with Crippen LogP contribution in [0.4, 0.5) is 8.78 Å². The Kier molecular flexibility index (Phi) is 5.70. The van der Waals surface area contributed by atoms with Gasteiger partial charge >= 0.3 is 0 Å². The Morgan fingerprint density at radius 1 is 1.63 bits per heavy atom. The van der Waals surface area contributed by atoms with Crippen molar-refractivity contribution in [2.45, 2.75) is 24.8 Å². The number of halogens is 3. The van der Waals surface area contributed by atoms with Crippen LogP contribution in [0.25, 0.3) is 0 Å². The quantitative estimate of drug-likeness (QED) is 0.924. The minimum absolute atomic E-state index is 0. The van der Waals surface area contributed by atoms with Crippen molar-refractivity contribution >= 4 is 29.7 Å². The fourth-order valence-corrected chi connectivity index (χ4v) is 2.70. The van der Waals surface area contributed by atoms with Gasteiger partial charge in [0.2, 0.25) is 5.91 Å². The molecule has 1 atom stereocenters. The number of hydrogen-bond donors (Lipinski definition) is 1. The minimum atomic E-state index is -2.76. The number of nitrogens with one attached hydrogen (secondary N) is 1. The van der Waals surface area contributed by atoms with Gasteiger partial charge in [0.05, 0.1) is 12.6 Å². The first-order valence-corrected chi connectivity index (χ1v) is 6.74. The molecule has 1 N–H and O–H groups in total. The summed E-state index contributed by atoms with van der Waals surface area (Å²) in [6.45, 7) is 0.158. The number of rotatable bonds is 4. The predicted molar refractivity (Wildman–Crippen MR) is 74.3 cm³/mol. The van der Waals surface area contributed by atoms with E-state index in [1.54, 1.807) is 18.4 Å². The Balaban J connectivity index is 0.00000180. The van der Waals surface area contributed by atoms with Crippen molar-refractivity contribution in [1.82, 2.24) is 10.2 Å². The maximum absolute atomic E-state index is 13.0. The Hall–Kier alpha value is -0.720. The average molecular weight is 311 g/mol. The molecule has 2 rings (SSSR count). The molecule has 3 nitrogen and oxygen atoms in total. The van der Waals surface area contributed by atoms with Crippen LogP contribution in [-0.2, 0) is 11.2 Å². The van der Waals surface area contributed by atoms with Gasteiger partial charge in [-0.15, -0.1) is 23.7 Å². The largest absolute Gasteiger partial charge is 0.344 e. The van der Waals surface area contributed by atoms with Gasteiger partial charge < -0.3 is 4.90 Å². The van der Waals surface area contributed by atoms with Gasteiger partial charge in [0.1, 0.15) is 0 Å². The third-order valence-corrected chi connectivity index (χ3v) is 3.99.